The summed E-state index contributed by atoms with van der Waals surface area (Å²) in [5, 5.41) is 10.9. The number of aliphatic imine (C=N–C) groups is 1. The van der Waals surface area contributed by atoms with Crippen LogP contribution in [0.15, 0.2) is 59.6 Å². The molecule has 4 N–H and O–H groups in total. The maximum absolute atomic E-state index is 11.8. The SMILES string of the molecule is NC(=Nc1ccccc1[N+](=O)[O-])NNC(=O)c1ccccc1. The molecule has 0 unspecified atom stereocenters. The van der Waals surface area contributed by atoms with E-state index in [-0.39, 0.29) is 17.3 Å². The van der Waals surface area contributed by atoms with Gasteiger partial charge in [0.1, 0.15) is 5.69 Å². The van der Waals surface area contributed by atoms with Crippen LogP contribution in [0.2, 0.25) is 0 Å². The summed E-state index contributed by atoms with van der Waals surface area (Å²) in [6.45, 7) is 0. The third kappa shape index (κ3) is 3.79. The van der Waals surface area contributed by atoms with Crippen molar-refractivity contribution in [3.63, 3.8) is 0 Å². The molecule has 22 heavy (non-hydrogen) atoms. The molecule has 0 saturated heterocycles. The van der Waals surface area contributed by atoms with Gasteiger partial charge in [-0.3, -0.25) is 25.8 Å². The molecule has 1 amide bonds. The van der Waals surface area contributed by atoms with Crippen molar-refractivity contribution in [3.05, 3.63) is 70.3 Å². The number of hydrogen-bond donors (Lipinski definition) is 3. The van der Waals surface area contributed by atoms with Gasteiger partial charge < -0.3 is 5.73 Å². The number of nitrogens with two attached hydrogens (primary N) is 1. The molecule has 0 radical (unpaired) electrons. The molecule has 0 fully saturated rings. The van der Waals surface area contributed by atoms with Crippen molar-refractivity contribution in [3.8, 4) is 0 Å². The van der Waals surface area contributed by atoms with Crippen LogP contribution in [0.5, 0.6) is 0 Å². The van der Waals surface area contributed by atoms with Crippen molar-refractivity contribution in [2.75, 3.05) is 0 Å². The lowest BCUT2D eigenvalue weighted by Gasteiger charge is -2.07. The van der Waals surface area contributed by atoms with E-state index in [4.69, 9.17) is 5.73 Å². The van der Waals surface area contributed by atoms with Gasteiger partial charge in [-0.25, -0.2) is 4.99 Å². The monoisotopic (exact) mass is 299 g/mol. The summed E-state index contributed by atoms with van der Waals surface area (Å²) >= 11 is 0. The highest BCUT2D eigenvalue weighted by Gasteiger charge is 2.12. The van der Waals surface area contributed by atoms with Gasteiger partial charge in [-0.2, -0.15) is 0 Å². The summed E-state index contributed by atoms with van der Waals surface area (Å²) in [6.07, 6.45) is 0. The highest BCUT2D eigenvalue weighted by Crippen LogP contribution is 2.25. The van der Waals surface area contributed by atoms with Gasteiger partial charge >= 0.3 is 0 Å². The molecule has 0 aliphatic rings. The zero-order chi connectivity index (χ0) is 15.9. The zero-order valence-electron chi connectivity index (χ0n) is 11.4. The summed E-state index contributed by atoms with van der Waals surface area (Å²) in [7, 11) is 0. The van der Waals surface area contributed by atoms with Crippen LogP contribution in [0, 0.1) is 10.1 Å². The lowest BCUT2D eigenvalue weighted by Crippen LogP contribution is -2.45. The minimum atomic E-state index is -0.561. The molecule has 2 rings (SSSR count). The number of carbonyl (C=O) groups excluding carboxylic acids is 1. The van der Waals surface area contributed by atoms with Crippen LogP contribution in [0.4, 0.5) is 11.4 Å². The largest absolute Gasteiger partial charge is 0.368 e. The molecular weight excluding hydrogens is 286 g/mol. The Hall–Kier alpha value is -3.42. The average molecular weight is 299 g/mol. The van der Waals surface area contributed by atoms with Gasteiger partial charge in [0.25, 0.3) is 11.6 Å². The van der Waals surface area contributed by atoms with E-state index in [9.17, 15) is 14.9 Å². The number of rotatable bonds is 3. The van der Waals surface area contributed by atoms with Crippen molar-refractivity contribution in [2.24, 2.45) is 10.7 Å². The fraction of sp³-hybridized carbons (Fsp3) is 0. The number of nitro groups is 1. The summed E-state index contributed by atoms with van der Waals surface area (Å²) in [6, 6.07) is 14.4. The van der Waals surface area contributed by atoms with Gasteiger partial charge in [0.05, 0.1) is 4.92 Å². The van der Waals surface area contributed by atoms with E-state index >= 15 is 0 Å². The van der Waals surface area contributed by atoms with Gasteiger partial charge in [-0.05, 0) is 18.2 Å². The summed E-state index contributed by atoms with van der Waals surface area (Å²) in [5.41, 5.74) is 10.7. The second-order valence-electron chi connectivity index (χ2n) is 4.19. The van der Waals surface area contributed by atoms with Crippen molar-refractivity contribution in [2.45, 2.75) is 0 Å². The molecule has 0 spiro atoms. The molecule has 112 valence electrons. The van der Waals surface area contributed by atoms with Crippen molar-refractivity contribution in [1.82, 2.24) is 10.9 Å². The maximum atomic E-state index is 11.8. The number of para-hydroxylation sites is 2. The Bertz CT molecular complexity index is 715. The molecule has 2 aromatic rings. The van der Waals surface area contributed by atoms with Gasteiger partial charge in [-0.15, -0.1) is 0 Å². The predicted molar refractivity (Wildman–Crippen MR) is 81.4 cm³/mol. The van der Waals surface area contributed by atoms with Crippen LogP contribution >= 0.6 is 0 Å². The Morgan fingerprint density at radius 2 is 1.68 bits per heavy atom. The average Bonchev–Trinajstić information content (AvgIpc) is 2.53. The van der Waals surface area contributed by atoms with Gasteiger partial charge in [0.15, 0.2) is 0 Å². The Morgan fingerprint density at radius 1 is 1.05 bits per heavy atom. The quantitative estimate of drug-likeness (QED) is 0.343. The number of hydrazine groups is 1. The van der Waals surface area contributed by atoms with Crippen LogP contribution in [0.3, 0.4) is 0 Å². The summed E-state index contributed by atoms with van der Waals surface area (Å²) in [4.78, 5) is 26.0. The third-order valence-electron chi connectivity index (χ3n) is 2.66. The van der Waals surface area contributed by atoms with Gasteiger partial charge in [0, 0.05) is 11.6 Å². The minimum absolute atomic E-state index is 0.0893. The van der Waals surface area contributed by atoms with Gasteiger partial charge in [0.2, 0.25) is 5.96 Å². The Morgan fingerprint density at radius 3 is 2.36 bits per heavy atom. The van der Waals surface area contributed by atoms with Crippen molar-refractivity contribution >= 4 is 23.2 Å². The summed E-state index contributed by atoms with van der Waals surface area (Å²) < 4.78 is 0. The number of carbonyl (C=O) groups is 1. The Balaban J connectivity index is 2.05. The van der Waals surface area contributed by atoms with E-state index in [1.165, 1.54) is 18.2 Å². The molecule has 0 aliphatic heterocycles. The van der Waals surface area contributed by atoms with E-state index in [1.54, 1.807) is 36.4 Å². The molecule has 2 aromatic carbocycles. The molecule has 0 atom stereocenters. The Labute approximate surface area is 125 Å². The number of nitrogens with zero attached hydrogens (tertiary/aromatic N) is 2. The van der Waals surface area contributed by atoms with Crippen LogP contribution < -0.4 is 16.6 Å². The second-order valence-corrected chi connectivity index (χ2v) is 4.19. The number of nitro benzene ring substituents is 1. The Kier molecular flexibility index (Phi) is 4.66. The standard InChI is InChI=1S/C14H13N5O3/c15-14(16-11-8-4-5-9-12(11)19(21)22)18-17-13(20)10-6-2-1-3-7-10/h1-9H,(H,17,20)(H3,15,16,18). The van der Waals surface area contributed by atoms with Gasteiger partial charge in [-0.1, -0.05) is 30.3 Å². The maximum Gasteiger partial charge on any atom is 0.294 e. The zero-order valence-corrected chi connectivity index (χ0v) is 11.4. The fourth-order valence-corrected chi connectivity index (χ4v) is 1.65. The minimum Gasteiger partial charge on any atom is -0.368 e. The third-order valence-corrected chi connectivity index (χ3v) is 2.66. The highest BCUT2D eigenvalue weighted by molar-refractivity contribution is 5.95. The molecular formula is C14H13N5O3. The van der Waals surface area contributed by atoms with Crippen molar-refractivity contribution < 1.29 is 9.72 Å². The molecule has 0 saturated carbocycles. The normalized spacial score (nSPS) is 10.8. The lowest BCUT2D eigenvalue weighted by molar-refractivity contribution is -0.384. The summed E-state index contributed by atoms with van der Waals surface area (Å²) in [5.74, 6) is -0.570. The molecule has 0 aliphatic carbocycles. The van der Waals surface area contributed by atoms with Crippen LogP contribution in [0.25, 0.3) is 0 Å². The number of guanidine groups is 1. The highest BCUT2D eigenvalue weighted by atomic mass is 16.6. The number of amides is 1. The number of nitrogens with one attached hydrogen (secondary N) is 2. The molecule has 0 heterocycles. The first-order valence-corrected chi connectivity index (χ1v) is 6.27. The first kappa shape index (κ1) is 15.0. The fourth-order valence-electron chi connectivity index (χ4n) is 1.65. The van der Waals surface area contributed by atoms with E-state index in [0.29, 0.717) is 5.56 Å². The molecule has 8 heteroatoms. The van der Waals surface area contributed by atoms with E-state index in [0.717, 1.165) is 0 Å². The molecule has 8 nitrogen and oxygen atoms in total. The number of benzene rings is 2. The van der Waals surface area contributed by atoms with E-state index in [2.05, 4.69) is 15.8 Å². The molecule has 0 bridgehead atoms. The predicted octanol–water partition coefficient (Wildman–Crippen LogP) is 1.48. The topological polar surface area (TPSA) is 123 Å². The van der Waals surface area contributed by atoms with E-state index < -0.39 is 10.8 Å². The van der Waals surface area contributed by atoms with Crippen LogP contribution in [-0.2, 0) is 0 Å². The van der Waals surface area contributed by atoms with Crippen molar-refractivity contribution in [1.29, 1.82) is 0 Å². The number of hydrogen-bond acceptors (Lipinski definition) is 4. The smallest absolute Gasteiger partial charge is 0.294 e. The van der Waals surface area contributed by atoms with Crippen LogP contribution in [0.1, 0.15) is 10.4 Å². The first-order valence-electron chi connectivity index (χ1n) is 6.27. The second kappa shape index (κ2) is 6.84. The lowest BCUT2D eigenvalue weighted by atomic mass is 10.2. The van der Waals surface area contributed by atoms with Crippen LogP contribution in [-0.4, -0.2) is 16.8 Å². The van der Waals surface area contributed by atoms with E-state index in [1.807, 2.05) is 0 Å². The molecule has 0 aromatic heterocycles. The first-order chi connectivity index (χ1) is 10.6.